The lowest BCUT2D eigenvalue weighted by Crippen LogP contribution is -2.06. The van der Waals surface area contributed by atoms with E-state index in [1.807, 2.05) is 0 Å². The monoisotopic (exact) mass is 328 g/mol. The number of imidazole rings is 1. The molecule has 17 heavy (non-hydrogen) atoms. The van der Waals surface area contributed by atoms with E-state index >= 15 is 0 Å². The molecule has 2 aromatic heterocycles. The predicted octanol–water partition coefficient (Wildman–Crippen LogP) is 3.78. The van der Waals surface area contributed by atoms with Crippen LogP contribution in [0.25, 0.3) is 5.65 Å². The van der Waals surface area contributed by atoms with Crippen LogP contribution in [-0.2, 0) is 6.18 Å². The van der Waals surface area contributed by atoms with E-state index in [0.29, 0.717) is 4.60 Å². The first-order valence-electron chi connectivity index (χ1n) is 4.34. The molecule has 3 nitrogen and oxygen atoms in total. The van der Waals surface area contributed by atoms with Gasteiger partial charge in [0.15, 0.2) is 17.1 Å². The number of hydrogen-bond acceptors (Lipinski definition) is 2. The van der Waals surface area contributed by atoms with Crippen LogP contribution in [0.4, 0.5) is 13.2 Å². The summed E-state index contributed by atoms with van der Waals surface area (Å²) in [5, 5.41) is -0.502. The van der Waals surface area contributed by atoms with Crippen LogP contribution in [0.15, 0.2) is 16.7 Å². The molecule has 0 atom stereocenters. The molecule has 2 heterocycles. The molecule has 0 saturated heterocycles. The number of hydrogen-bond donors (Lipinski definition) is 0. The van der Waals surface area contributed by atoms with E-state index in [9.17, 15) is 13.2 Å². The van der Waals surface area contributed by atoms with Gasteiger partial charge in [-0.1, -0.05) is 11.6 Å². The van der Waals surface area contributed by atoms with Crippen LogP contribution < -0.4 is 4.74 Å². The van der Waals surface area contributed by atoms with Gasteiger partial charge in [-0.2, -0.15) is 13.2 Å². The Kier molecular flexibility index (Phi) is 2.99. The molecule has 0 saturated carbocycles. The molecule has 0 bridgehead atoms. The van der Waals surface area contributed by atoms with Gasteiger partial charge in [-0.25, -0.2) is 4.98 Å². The SMILES string of the molecule is COc1ccc(Br)n2c(Cl)c(C(F)(F)F)nc12. The molecule has 8 heteroatoms. The number of methoxy groups -OCH3 is 1. The molecule has 0 spiro atoms. The van der Waals surface area contributed by atoms with Crippen LogP contribution in [0.3, 0.4) is 0 Å². The second kappa shape index (κ2) is 4.06. The van der Waals surface area contributed by atoms with Crippen molar-refractivity contribution in [3.05, 3.63) is 27.6 Å². The lowest BCUT2D eigenvalue weighted by Gasteiger charge is -2.04. The van der Waals surface area contributed by atoms with Crippen molar-refractivity contribution in [2.75, 3.05) is 7.11 Å². The van der Waals surface area contributed by atoms with E-state index in [0.717, 1.165) is 4.40 Å². The molecule has 0 amide bonds. The fraction of sp³-hybridized carbons (Fsp3) is 0.222. The minimum Gasteiger partial charge on any atom is -0.493 e. The van der Waals surface area contributed by atoms with Gasteiger partial charge in [0.05, 0.1) is 11.7 Å². The maximum atomic E-state index is 12.6. The average molecular weight is 330 g/mol. The van der Waals surface area contributed by atoms with Crippen molar-refractivity contribution in [1.82, 2.24) is 9.38 Å². The molecule has 0 fully saturated rings. The summed E-state index contributed by atoms with van der Waals surface area (Å²) in [6.45, 7) is 0. The Labute approximate surface area is 107 Å². The molecule has 0 unspecified atom stereocenters. The fourth-order valence-electron chi connectivity index (χ4n) is 1.39. The lowest BCUT2D eigenvalue weighted by atomic mass is 10.4. The maximum absolute atomic E-state index is 12.6. The molecule has 0 aliphatic carbocycles. The first-order valence-corrected chi connectivity index (χ1v) is 5.51. The van der Waals surface area contributed by atoms with Crippen molar-refractivity contribution in [2.45, 2.75) is 6.18 Å². The molecular formula is C9H5BrClF3N2O. The van der Waals surface area contributed by atoms with E-state index < -0.39 is 17.0 Å². The molecule has 0 radical (unpaired) electrons. The normalized spacial score (nSPS) is 12.1. The summed E-state index contributed by atoms with van der Waals surface area (Å²) in [5.74, 6) is 0.214. The highest BCUT2D eigenvalue weighted by Gasteiger charge is 2.38. The van der Waals surface area contributed by atoms with E-state index in [2.05, 4.69) is 20.9 Å². The van der Waals surface area contributed by atoms with Gasteiger partial charge < -0.3 is 4.74 Å². The van der Waals surface area contributed by atoms with Crippen LogP contribution in [0.2, 0.25) is 5.15 Å². The minimum absolute atomic E-state index is 0.0131. The van der Waals surface area contributed by atoms with Crippen LogP contribution in [0.5, 0.6) is 5.75 Å². The summed E-state index contributed by atoms with van der Waals surface area (Å²) in [6, 6.07) is 3.03. The van der Waals surface area contributed by atoms with E-state index in [4.69, 9.17) is 16.3 Å². The Bertz CT molecular complexity index is 582. The summed E-state index contributed by atoms with van der Waals surface area (Å²) >= 11 is 8.78. The Morgan fingerprint density at radius 1 is 1.41 bits per heavy atom. The third-order valence-corrected chi connectivity index (χ3v) is 3.08. The van der Waals surface area contributed by atoms with Crippen LogP contribution in [0.1, 0.15) is 5.69 Å². The number of halogens is 5. The van der Waals surface area contributed by atoms with Crippen LogP contribution in [-0.4, -0.2) is 16.5 Å². The number of nitrogens with zero attached hydrogens (tertiary/aromatic N) is 2. The smallest absolute Gasteiger partial charge is 0.436 e. The second-order valence-electron chi connectivity index (χ2n) is 3.13. The third kappa shape index (κ3) is 1.97. The number of ether oxygens (including phenoxy) is 1. The molecule has 0 aliphatic rings. The zero-order valence-corrected chi connectivity index (χ0v) is 10.7. The number of alkyl halides is 3. The molecule has 0 aliphatic heterocycles. The lowest BCUT2D eigenvalue weighted by molar-refractivity contribution is -0.140. The third-order valence-electron chi connectivity index (χ3n) is 2.12. The van der Waals surface area contributed by atoms with Gasteiger partial charge in [0.2, 0.25) is 0 Å². The van der Waals surface area contributed by atoms with E-state index in [1.54, 1.807) is 0 Å². The highest BCUT2D eigenvalue weighted by atomic mass is 79.9. The van der Waals surface area contributed by atoms with Gasteiger partial charge in [0.25, 0.3) is 0 Å². The Morgan fingerprint density at radius 3 is 2.59 bits per heavy atom. The quantitative estimate of drug-likeness (QED) is 0.744. The maximum Gasteiger partial charge on any atom is 0.436 e. The molecule has 2 aromatic rings. The van der Waals surface area contributed by atoms with Crippen molar-refractivity contribution in [3.8, 4) is 5.75 Å². The molecular weight excluding hydrogens is 324 g/mol. The summed E-state index contributed by atoms with van der Waals surface area (Å²) in [7, 11) is 1.35. The molecule has 0 aromatic carbocycles. The minimum atomic E-state index is -4.60. The summed E-state index contributed by atoms with van der Waals surface area (Å²) in [4.78, 5) is 3.47. The zero-order chi connectivity index (χ0) is 12.8. The fourth-order valence-corrected chi connectivity index (χ4v) is 2.29. The van der Waals surface area contributed by atoms with Crippen molar-refractivity contribution >= 4 is 33.2 Å². The number of pyridine rings is 1. The van der Waals surface area contributed by atoms with Gasteiger partial charge in [0, 0.05) is 0 Å². The number of rotatable bonds is 1. The van der Waals surface area contributed by atoms with E-state index in [-0.39, 0.29) is 11.4 Å². The Morgan fingerprint density at radius 2 is 2.06 bits per heavy atom. The van der Waals surface area contributed by atoms with Gasteiger partial charge in [0.1, 0.15) is 5.15 Å². The summed E-state index contributed by atoms with van der Waals surface area (Å²) in [6.07, 6.45) is -4.60. The Balaban J connectivity index is 2.85. The van der Waals surface area contributed by atoms with Gasteiger partial charge in [-0.3, -0.25) is 4.40 Å². The van der Waals surface area contributed by atoms with Crippen molar-refractivity contribution in [1.29, 1.82) is 0 Å². The summed E-state index contributed by atoms with van der Waals surface area (Å²) in [5.41, 5.74) is -1.12. The standard InChI is InChI=1S/C9H5BrClF3N2O/c1-17-4-2-3-5(10)16-7(11)6(9(12,13)14)15-8(4)16/h2-3H,1H3. The average Bonchev–Trinajstić information content (AvgIpc) is 2.58. The van der Waals surface area contributed by atoms with Crippen molar-refractivity contribution < 1.29 is 17.9 Å². The number of fused-ring (bicyclic) bond motifs is 1. The molecule has 2 rings (SSSR count). The van der Waals surface area contributed by atoms with Crippen LogP contribution >= 0.6 is 27.5 Å². The predicted molar refractivity (Wildman–Crippen MR) is 59.5 cm³/mol. The zero-order valence-electron chi connectivity index (χ0n) is 8.35. The molecule has 0 N–H and O–H groups in total. The van der Waals surface area contributed by atoms with Gasteiger partial charge in [-0.15, -0.1) is 0 Å². The highest BCUT2D eigenvalue weighted by molar-refractivity contribution is 9.10. The van der Waals surface area contributed by atoms with Crippen molar-refractivity contribution in [2.24, 2.45) is 0 Å². The topological polar surface area (TPSA) is 26.5 Å². The number of aromatic nitrogens is 2. The van der Waals surface area contributed by atoms with Crippen LogP contribution in [0, 0.1) is 0 Å². The second-order valence-corrected chi connectivity index (χ2v) is 4.30. The molecule has 92 valence electrons. The van der Waals surface area contributed by atoms with E-state index in [1.165, 1.54) is 19.2 Å². The van der Waals surface area contributed by atoms with Gasteiger partial charge in [-0.05, 0) is 28.1 Å². The first kappa shape index (κ1) is 12.5. The highest BCUT2D eigenvalue weighted by Crippen LogP contribution is 2.37. The first-order chi connectivity index (χ1) is 7.86. The largest absolute Gasteiger partial charge is 0.493 e. The van der Waals surface area contributed by atoms with Crippen molar-refractivity contribution in [3.63, 3.8) is 0 Å². The summed E-state index contributed by atoms with van der Waals surface area (Å²) < 4.78 is 44.3. The Hall–Kier alpha value is -0.950. The van der Waals surface area contributed by atoms with Gasteiger partial charge >= 0.3 is 6.18 Å².